The Kier molecular flexibility index (Phi) is 4.02. The highest BCUT2D eigenvalue weighted by molar-refractivity contribution is 5.79. The van der Waals surface area contributed by atoms with E-state index in [1.807, 2.05) is 18.3 Å². The molecule has 0 amide bonds. The van der Waals surface area contributed by atoms with E-state index in [9.17, 15) is 0 Å². The standard InChI is InChI=1S/C18H25N3O/c1-2-4-14(3-1)20-15-5-7-16(8-6-15)22-17-9-10-18-13(11-17)12-19-21-18/h9-12,14-16,20H,1-8H2,(H,19,21). The SMILES string of the molecule is c1cc2[nH]ncc2cc1OC1CCC(NC2CCCC2)CC1. The van der Waals surface area contributed by atoms with Gasteiger partial charge in [0.15, 0.2) is 0 Å². The topological polar surface area (TPSA) is 49.9 Å². The summed E-state index contributed by atoms with van der Waals surface area (Å²) < 4.78 is 6.18. The van der Waals surface area contributed by atoms with Gasteiger partial charge in [0.05, 0.1) is 17.8 Å². The molecule has 0 spiro atoms. The largest absolute Gasteiger partial charge is 0.490 e. The molecule has 0 bridgehead atoms. The Bertz CT molecular complexity index is 610. The Labute approximate surface area is 131 Å². The third-order valence-corrected chi connectivity index (χ3v) is 5.22. The van der Waals surface area contributed by atoms with Crippen molar-refractivity contribution in [2.45, 2.75) is 69.6 Å². The lowest BCUT2D eigenvalue weighted by Crippen LogP contribution is -2.40. The van der Waals surface area contributed by atoms with Gasteiger partial charge in [-0.05, 0) is 56.7 Å². The molecule has 22 heavy (non-hydrogen) atoms. The molecule has 118 valence electrons. The van der Waals surface area contributed by atoms with E-state index >= 15 is 0 Å². The number of hydrogen-bond acceptors (Lipinski definition) is 3. The van der Waals surface area contributed by atoms with Gasteiger partial charge in [-0.1, -0.05) is 12.8 Å². The van der Waals surface area contributed by atoms with Crippen LogP contribution in [0.15, 0.2) is 24.4 Å². The van der Waals surface area contributed by atoms with E-state index in [4.69, 9.17) is 4.74 Å². The minimum absolute atomic E-state index is 0.367. The Morgan fingerprint density at radius 3 is 2.59 bits per heavy atom. The molecule has 1 aromatic heterocycles. The molecular formula is C18H25N3O. The Balaban J connectivity index is 1.29. The fraction of sp³-hybridized carbons (Fsp3) is 0.611. The van der Waals surface area contributed by atoms with Crippen molar-refractivity contribution < 1.29 is 4.74 Å². The van der Waals surface area contributed by atoms with Crippen LogP contribution in [0.25, 0.3) is 10.9 Å². The minimum Gasteiger partial charge on any atom is -0.490 e. The van der Waals surface area contributed by atoms with E-state index in [2.05, 4.69) is 21.6 Å². The van der Waals surface area contributed by atoms with Crippen LogP contribution >= 0.6 is 0 Å². The maximum absolute atomic E-state index is 6.18. The van der Waals surface area contributed by atoms with Gasteiger partial charge in [0, 0.05) is 17.5 Å². The van der Waals surface area contributed by atoms with Crippen molar-refractivity contribution in [3.05, 3.63) is 24.4 Å². The second kappa shape index (κ2) is 6.29. The van der Waals surface area contributed by atoms with E-state index in [0.29, 0.717) is 12.1 Å². The summed E-state index contributed by atoms with van der Waals surface area (Å²) in [6.45, 7) is 0. The highest BCUT2D eigenvalue weighted by Crippen LogP contribution is 2.27. The minimum atomic E-state index is 0.367. The van der Waals surface area contributed by atoms with Gasteiger partial charge >= 0.3 is 0 Å². The molecule has 4 nitrogen and oxygen atoms in total. The quantitative estimate of drug-likeness (QED) is 0.903. The molecule has 2 N–H and O–H groups in total. The molecule has 1 aromatic carbocycles. The van der Waals surface area contributed by atoms with E-state index in [1.165, 1.54) is 38.5 Å². The van der Waals surface area contributed by atoms with Gasteiger partial charge in [0.2, 0.25) is 0 Å². The third-order valence-electron chi connectivity index (χ3n) is 5.22. The number of aromatic nitrogens is 2. The van der Waals surface area contributed by atoms with Crippen molar-refractivity contribution in [2.75, 3.05) is 0 Å². The summed E-state index contributed by atoms with van der Waals surface area (Å²) in [7, 11) is 0. The van der Waals surface area contributed by atoms with E-state index in [0.717, 1.165) is 35.5 Å². The number of hydrogen-bond donors (Lipinski definition) is 2. The Hall–Kier alpha value is -1.55. The number of fused-ring (bicyclic) bond motifs is 1. The van der Waals surface area contributed by atoms with Crippen LogP contribution in [0.2, 0.25) is 0 Å². The number of nitrogens with zero attached hydrogens (tertiary/aromatic N) is 1. The second-order valence-electron chi connectivity index (χ2n) is 6.86. The molecule has 0 atom stereocenters. The number of nitrogens with one attached hydrogen (secondary N) is 2. The summed E-state index contributed by atoms with van der Waals surface area (Å²) in [5.74, 6) is 0.973. The summed E-state index contributed by atoms with van der Waals surface area (Å²) >= 11 is 0. The molecule has 2 fully saturated rings. The zero-order chi connectivity index (χ0) is 14.8. The zero-order valence-electron chi connectivity index (χ0n) is 13.1. The first-order chi connectivity index (χ1) is 10.9. The molecule has 0 radical (unpaired) electrons. The fourth-order valence-electron chi connectivity index (χ4n) is 3.96. The van der Waals surface area contributed by atoms with Crippen molar-refractivity contribution in [1.29, 1.82) is 0 Å². The normalized spacial score (nSPS) is 26.5. The number of aromatic amines is 1. The second-order valence-corrected chi connectivity index (χ2v) is 6.86. The summed E-state index contributed by atoms with van der Waals surface area (Å²) in [4.78, 5) is 0. The van der Waals surface area contributed by atoms with Gasteiger partial charge in [0.1, 0.15) is 5.75 Å². The lowest BCUT2D eigenvalue weighted by Gasteiger charge is -2.31. The summed E-state index contributed by atoms with van der Waals surface area (Å²) in [5, 5.41) is 12.0. The van der Waals surface area contributed by atoms with Gasteiger partial charge in [-0.2, -0.15) is 5.10 Å². The van der Waals surface area contributed by atoms with Crippen LogP contribution in [0.5, 0.6) is 5.75 Å². The van der Waals surface area contributed by atoms with Crippen molar-refractivity contribution in [3.8, 4) is 5.75 Å². The lowest BCUT2D eigenvalue weighted by atomic mass is 9.92. The predicted molar refractivity (Wildman–Crippen MR) is 88.2 cm³/mol. The zero-order valence-corrected chi connectivity index (χ0v) is 13.1. The van der Waals surface area contributed by atoms with E-state index in [1.54, 1.807) is 0 Å². The van der Waals surface area contributed by atoms with Gasteiger partial charge in [0.25, 0.3) is 0 Å². The summed E-state index contributed by atoms with van der Waals surface area (Å²) in [6, 6.07) is 7.67. The maximum Gasteiger partial charge on any atom is 0.120 e. The molecule has 2 aliphatic rings. The monoisotopic (exact) mass is 299 g/mol. The smallest absolute Gasteiger partial charge is 0.120 e. The highest BCUT2D eigenvalue weighted by Gasteiger charge is 2.25. The van der Waals surface area contributed by atoms with Crippen LogP contribution in [0.3, 0.4) is 0 Å². The molecule has 0 aliphatic heterocycles. The van der Waals surface area contributed by atoms with Crippen LogP contribution < -0.4 is 10.1 Å². The number of ether oxygens (including phenoxy) is 1. The van der Waals surface area contributed by atoms with Crippen LogP contribution in [0.4, 0.5) is 0 Å². The molecule has 0 unspecified atom stereocenters. The molecule has 2 saturated carbocycles. The van der Waals surface area contributed by atoms with Gasteiger partial charge < -0.3 is 10.1 Å². The van der Waals surface area contributed by atoms with E-state index in [-0.39, 0.29) is 0 Å². The summed E-state index contributed by atoms with van der Waals surface area (Å²) in [6.07, 6.45) is 12.6. The Morgan fingerprint density at radius 2 is 1.77 bits per heavy atom. The molecule has 2 aromatic rings. The van der Waals surface area contributed by atoms with Gasteiger partial charge in [-0.15, -0.1) is 0 Å². The first kappa shape index (κ1) is 14.1. The number of rotatable bonds is 4. The van der Waals surface area contributed by atoms with Crippen molar-refractivity contribution >= 4 is 10.9 Å². The van der Waals surface area contributed by atoms with Crippen LogP contribution in [-0.2, 0) is 0 Å². The molecule has 1 heterocycles. The fourth-order valence-corrected chi connectivity index (χ4v) is 3.96. The van der Waals surface area contributed by atoms with Gasteiger partial charge in [-0.3, -0.25) is 5.10 Å². The molecule has 4 rings (SSSR count). The first-order valence-corrected chi connectivity index (χ1v) is 8.73. The van der Waals surface area contributed by atoms with Crippen LogP contribution in [-0.4, -0.2) is 28.4 Å². The van der Waals surface area contributed by atoms with Crippen LogP contribution in [0.1, 0.15) is 51.4 Å². The highest BCUT2D eigenvalue weighted by atomic mass is 16.5. The molecular weight excluding hydrogens is 274 g/mol. The Morgan fingerprint density at radius 1 is 1.00 bits per heavy atom. The predicted octanol–water partition coefficient (Wildman–Crippen LogP) is 3.79. The number of benzene rings is 1. The average Bonchev–Trinajstić information content (AvgIpc) is 3.20. The maximum atomic E-state index is 6.18. The van der Waals surface area contributed by atoms with Gasteiger partial charge in [-0.25, -0.2) is 0 Å². The van der Waals surface area contributed by atoms with E-state index < -0.39 is 0 Å². The third kappa shape index (κ3) is 3.12. The average molecular weight is 299 g/mol. The number of H-pyrrole nitrogens is 1. The van der Waals surface area contributed by atoms with Crippen LogP contribution in [0, 0.1) is 0 Å². The van der Waals surface area contributed by atoms with Crippen molar-refractivity contribution in [3.63, 3.8) is 0 Å². The lowest BCUT2D eigenvalue weighted by molar-refractivity contribution is 0.137. The molecule has 4 heteroatoms. The van der Waals surface area contributed by atoms with Crippen molar-refractivity contribution in [1.82, 2.24) is 15.5 Å². The first-order valence-electron chi connectivity index (χ1n) is 8.73. The summed E-state index contributed by atoms with van der Waals surface area (Å²) in [5.41, 5.74) is 1.07. The molecule has 2 aliphatic carbocycles. The molecule has 0 saturated heterocycles. The van der Waals surface area contributed by atoms with Crippen molar-refractivity contribution in [2.24, 2.45) is 0 Å².